The van der Waals surface area contributed by atoms with Gasteiger partial charge >= 0.3 is 10.2 Å². The highest BCUT2D eigenvalue weighted by molar-refractivity contribution is 7.90. The van der Waals surface area contributed by atoms with Crippen LogP contribution < -0.4 is 4.72 Å². The summed E-state index contributed by atoms with van der Waals surface area (Å²) in [5, 5.41) is 0. The van der Waals surface area contributed by atoms with Crippen molar-refractivity contribution in [3.63, 3.8) is 0 Å². The van der Waals surface area contributed by atoms with Crippen molar-refractivity contribution in [1.82, 2.24) is 4.31 Å². The molecule has 0 bridgehead atoms. The van der Waals surface area contributed by atoms with Gasteiger partial charge in [0.2, 0.25) is 0 Å². The van der Waals surface area contributed by atoms with E-state index in [0.29, 0.717) is 30.3 Å². The van der Waals surface area contributed by atoms with Crippen LogP contribution in [0.5, 0.6) is 0 Å². The van der Waals surface area contributed by atoms with E-state index in [2.05, 4.69) is 11.6 Å². The number of carbonyl (C=O) groups excluding carboxylic acids is 1. The van der Waals surface area contributed by atoms with E-state index >= 15 is 0 Å². The van der Waals surface area contributed by atoms with Crippen molar-refractivity contribution in [1.29, 1.82) is 0 Å². The molecule has 1 saturated heterocycles. The van der Waals surface area contributed by atoms with Crippen LogP contribution in [0.1, 0.15) is 37.0 Å². The summed E-state index contributed by atoms with van der Waals surface area (Å²) in [6, 6.07) is 6.67. The van der Waals surface area contributed by atoms with Gasteiger partial charge in [-0.25, -0.2) is 0 Å². The van der Waals surface area contributed by atoms with Crippen LogP contribution in [0.4, 0.5) is 5.69 Å². The molecule has 6 heteroatoms. The first-order valence-corrected chi connectivity index (χ1v) is 8.22. The number of ketones is 1. The van der Waals surface area contributed by atoms with E-state index in [1.165, 1.54) is 11.2 Å². The van der Waals surface area contributed by atoms with Gasteiger partial charge in [-0.1, -0.05) is 19.1 Å². The number of nitrogens with zero attached hydrogens (tertiary/aromatic N) is 1. The molecule has 0 aliphatic carbocycles. The highest BCUT2D eigenvalue weighted by Crippen LogP contribution is 2.22. The van der Waals surface area contributed by atoms with Gasteiger partial charge in [0.15, 0.2) is 5.78 Å². The maximum atomic E-state index is 12.3. The number of hydrogen-bond acceptors (Lipinski definition) is 3. The first kappa shape index (κ1) is 15.0. The number of hydrogen-bond donors (Lipinski definition) is 1. The number of Topliss-reactive ketones (excluding diaryl/α,β-unsaturated/α-hetero) is 1. The molecule has 1 aliphatic heterocycles. The van der Waals surface area contributed by atoms with E-state index in [-0.39, 0.29) is 5.78 Å². The second kappa shape index (κ2) is 5.93. The number of piperidine rings is 1. The van der Waals surface area contributed by atoms with Gasteiger partial charge in [-0.05, 0) is 37.8 Å². The Labute approximate surface area is 120 Å². The standard InChI is InChI=1S/C14H20N2O3S/c1-11-7-9-16(10-8-11)20(18,19)15-14-6-4-3-5-13(14)12(2)17/h3-6,11,15H,7-10H2,1-2H3. The van der Waals surface area contributed by atoms with Crippen LogP contribution in [0.2, 0.25) is 0 Å². The molecule has 1 heterocycles. The Morgan fingerprint density at radius 3 is 2.45 bits per heavy atom. The van der Waals surface area contributed by atoms with Crippen LogP contribution in [0, 0.1) is 5.92 Å². The molecule has 1 aliphatic rings. The van der Waals surface area contributed by atoms with E-state index in [1.807, 2.05) is 0 Å². The van der Waals surface area contributed by atoms with Crippen molar-refractivity contribution in [3.05, 3.63) is 29.8 Å². The summed E-state index contributed by atoms with van der Waals surface area (Å²) >= 11 is 0. The smallest absolute Gasteiger partial charge is 0.294 e. The number of para-hydroxylation sites is 1. The molecule has 1 aromatic rings. The highest BCUT2D eigenvalue weighted by Gasteiger charge is 2.27. The number of benzene rings is 1. The van der Waals surface area contributed by atoms with E-state index in [1.54, 1.807) is 24.3 Å². The van der Waals surface area contributed by atoms with Gasteiger partial charge < -0.3 is 0 Å². The topological polar surface area (TPSA) is 66.5 Å². The normalized spacial score (nSPS) is 17.9. The lowest BCUT2D eigenvalue weighted by Gasteiger charge is -2.29. The van der Waals surface area contributed by atoms with Crippen molar-refractivity contribution in [2.45, 2.75) is 26.7 Å². The molecule has 0 unspecified atom stereocenters. The summed E-state index contributed by atoms with van der Waals surface area (Å²) in [6.07, 6.45) is 1.74. The zero-order valence-corrected chi connectivity index (χ0v) is 12.6. The van der Waals surface area contributed by atoms with Gasteiger partial charge in [-0.3, -0.25) is 9.52 Å². The molecule has 2 rings (SSSR count). The molecule has 1 fully saturated rings. The van der Waals surface area contributed by atoms with Crippen molar-refractivity contribution in [2.75, 3.05) is 17.8 Å². The molecular formula is C14H20N2O3S. The minimum absolute atomic E-state index is 0.157. The van der Waals surface area contributed by atoms with Gasteiger partial charge in [0.05, 0.1) is 5.69 Å². The molecule has 0 atom stereocenters. The van der Waals surface area contributed by atoms with Crippen LogP contribution in [0.15, 0.2) is 24.3 Å². The lowest BCUT2D eigenvalue weighted by atomic mass is 10.0. The van der Waals surface area contributed by atoms with E-state index in [9.17, 15) is 13.2 Å². The SMILES string of the molecule is CC(=O)c1ccccc1NS(=O)(=O)N1CCC(C)CC1. The summed E-state index contributed by atoms with van der Waals surface area (Å²) in [5.74, 6) is 0.404. The highest BCUT2D eigenvalue weighted by atomic mass is 32.2. The van der Waals surface area contributed by atoms with Gasteiger partial charge in [-0.2, -0.15) is 12.7 Å². The Kier molecular flexibility index (Phi) is 4.45. The van der Waals surface area contributed by atoms with Crippen molar-refractivity contribution in [3.8, 4) is 0 Å². The minimum atomic E-state index is -3.58. The van der Waals surface area contributed by atoms with E-state index in [4.69, 9.17) is 0 Å². The Bertz CT molecular complexity index is 590. The lowest BCUT2D eigenvalue weighted by Crippen LogP contribution is -2.41. The molecule has 0 aromatic heterocycles. The van der Waals surface area contributed by atoms with Crippen LogP contribution in [0.25, 0.3) is 0 Å². The monoisotopic (exact) mass is 296 g/mol. The second-order valence-electron chi connectivity index (χ2n) is 5.29. The first-order chi connectivity index (χ1) is 9.40. The van der Waals surface area contributed by atoms with Crippen LogP contribution in [-0.4, -0.2) is 31.6 Å². The zero-order chi connectivity index (χ0) is 14.8. The van der Waals surface area contributed by atoms with Crippen LogP contribution >= 0.6 is 0 Å². The largest absolute Gasteiger partial charge is 0.301 e. The average molecular weight is 296 g/mol. The van der Waals surface area contributed by atoms with Gasteiger partial charge in [0, 0.05) is 18.7 Å². The molecule has 110 valence electrons. The molecule has 1 aromatic carbocycles. The Morgan fingerprint density at radius 1 is 1.25 bits per heavy atom. The van der Waals surface area contributed by atoms with Crippen molar-refractivity contribution >= 4 is 21.7 Å². The first-order valence-electron chi connectivity index (χ1n) is 6.78. The number of rotatable bonds is 4. The third kappa shape index (κ3) is 3.37. The van der Waals surface area contributed by atoms with E-state index < -0.39 is 10.2 Å². The Balaban J connectivity index is 2.18. The van der Waals surface area contributed by atoms with Gasteiger partial charge in [0.25, 0.3) is 0 Å². The van der Waals surface area contributed by atoms with Crippen molar-refractivity contribution < 1.29 is 13.2 Å². The predicted molar refractivity (Wildman–Crippen MR) is 79.0 cm³/mol. The van der Waals surface area contributed by atoms with E-state index in [0.717, 1.165) is 12.8 Å². The molecule has 5 nitrogen and oxygen atoms in total. The quantitative estimate of drug-likeness (QED) is 0.867. The van der Waals surface area contributed by atoms with Crippen molar-refractivity contribution in [2.24, 2.45) is 5.92 Å². The Morgan fingerprint density at radius 2 is 1.85 bits per heavy atom. The maximum Gasteiger partial charge on any atom is 0.301 e. The fourth-order valence-electron chi connectivity index (χ4n) is 2.31. The summed E-state index contributed by atoms with van der Waals surface area (Å²) in [6.45, 7) is 4.61. The summed E-state index contributed by atoms with van der Waals surface area (Å²) in [7, 11) is -3.58. The maximum absolute atomic E-state index is 12.3. The average Bonchev–Trinajstić information content (AvgIpc) is 2.39. The summed E-state index contributed by atoms with van der Waals surface area (Å²) < 4.78 is 28.7. The second-order valence-corrected chi connectivity index (χ2v) is 6.96. The molecule has 20 heavy (non-hydrogen) atoms. The number of carbonyl (C=O) groups is 1. The number of nitrogens with one attached hydrogen (secondary N) is 1. The third-order valence-corrected chi connectivity index (χ3v) is 5.15. The van der Waals surface area contributed by atoms with Crippen LogP contribution in [-0.2, 0) is 10.2 Å². The molecule has 0 amide bonds. The molecule has 1 N–H and O–H groups in total. The van der Waals surface area contributed by atoms with Gasteiger partial charge in [-0.15, -0.1) is 0 Å². The molecule has 0 saturated carbocycles. The summed E-state index contributed by atoms with van der Waals surface area (Å²) in [5.41, 5.74) is 0.736. The zero-order valence-electron chi connectivity index (χ0n) is 11.8. The summed E-state index contributed by atoms with van der Waals surface area (Å²) in [4.78, 5) is 11.5. The molecule has 0 radical (unpaired) electrons. The fraction of sp³-hybridized carbons (Fsp3) is 0.500. The predicted octanol–water partition coefficient (Wildman–Crippen LogP) is 2.28. The lowest BCUT2D eigenvalue weighted by molar-refractivity contribution is 0.101. The van der Waals surface area contributed by atoms with Gasteiger partial charge in [0.1, 0.15) is 0 Å². The fourth-order valence-corrected chi connectivity index (χ4v) is 3.58. The van der Waals surface area contributed by atoms with Crippen LogP contribution in [0.3, 0.4) is 0 Å². The molecular weight excluding hydrogens is 276 g/mol. The minimum Gasteiger partial charge on any atom is -0.294 e. The third-order valence-electron chi connectivity index (χ3n) is 3.63. The molecule has 0 spiro atoms. The number of anilines is 1. The Hall–Kier alpha value is -1.40.